The summed E-state index contributed by atoms with van der Waals surface area (Å²) in [5, 5.41) is 11.8. The van der Waals surface area contributed by atoms with Crippen LogP contribution in [0.2, 0.25) is 0 Å². The van der Waals surface area contributed by atoms with Crippen LogP contribution in [-0.4, -0.2) is 26.6 Å². The molecule has 0 aromatic carbocycles. The van der Waals surface area contributed by atoms with E-state index in [0.29, 0.717) is 12.4 Å². The van der Waals surface area contributed by atoms with Crippen molar-refractivity contribution in [2.45, 2.75) is 32.9 Å². The van der Waals surface area contributed by atoms with Crippen LogP contribution in [0.15, 0.2) is 12.3 Å². The Hall–Kier alpha value is -1.49. The third-order valence-corrected chi connectivity index (χ3v) is 2.08. The molecule has 5 nitrogen and oxygen atoms in total. The largest absolute Gasteiger partial charge is 0.480 e. The number of nitrogens with one attached hydrogen (secondary N) is 1. The zero-order valence-corrected chi connectivity index (χ0v) is 9.11. The van der Waals surface area contributed by atoms with Crippen LogP contribution in [0.5, 0.6) is 0 Å². The number of aliphatic carboxylic acids is 1. The lowest BCUT2D eigenvalue weighted by Crippen LogP contribution is -2.46. The Balaban J connectivity index is 2.61. The van der Waals surface area contributed by atoms with Gasteiger partial charge in [0, 0.05) is 12.7 Å². The molecule has 15 heavy (non-hydrogen) atoms. The lowest BCUT2D eigenvalue weighted by molar-refractivity contribution is -0.143. The molecule has 0 aliphatic rings. The first-order valence-corrected chi connectivity index (χ1v) is 4.69. The van der Waals surface area contributed by atoms with Crippen LogP contribution < -0.4 is 5.32 Å². The number of hydrogen-bond donors (Lipinski definition) is 2. The molecule has 0 fully saturated rings. The highest BCUT2D eigenvalue weighted by Crippen LogP contribution is 2.04. The molecule has 1 aromatic heterocycles. The Labute approximate surface area is 88.6 Å². The molecule has 0 radical (unpaired) electrons. The second-order valence-electron chi connectivity index (χ2n) is 3.88. The van der Waals surface area contributed by atoms with Crippen molar-refractivity contribution in [3.8, 4) is 0 Å². The fraction of sp³-hybridized carbons (Fsp3) is 0.500. The number of hydrogen-bond acceptors (Lipinski definition) is 4. The summed E-state index contributed by atoms with van der Waals surface area (Å²) in [4.78, 5) is 18.9. The number of carboxylic acid groups (broad SMARTS) is 1. The van der Waals surface area contributed by atoms with Gasteiger partial charge in [-0.05, 0) is 26.8 Å². The summed E-state index contributed by atoms with van der Waals surface area (Å²) < 4.78 is 0. The molecule has 0 saturated carbocycles. The van der Waals surface area contributed by atoms with E-state index in [1.165, 1.54) is 0 Å². The van der Waals surface area contributed by atoms with Gasteiger partial charge in [0.15, 0.2) is 0 Å². The molecule has 0 bridgehead atoms. The van der Waals surface area contributed by atoms with E-state index in [1.54, 1.807) is 33.0 Å². The van der Waals surface area contributed by atoms with Crippen molar-refractivity contribution in [2.75, 3.05) is 0 Å². The topological polar surface area (TPSA) is 75.1 Å². The summed E-state index contributed by atoms with van der Waals surface area (Å²) in [5.41, 5.74) is -0.157. The molecule has 0 atom stereocenters. The van der Waals surface area contributed by atoms with Gasteiger partial charge < -0.3 is 5.11 Å². The second-order valence-corrected chi connectivity index (χ2v) is 3.88. The molecule has 0 aliphatic carbocycles. The number of carbonyl (C=O) groups is 1. The maximum atomic E-state index is 10.8. The average molecular weight is 209 g/mol. The quantitative estimate of drug-likeness (QED) is 0.765. The van der Waals surface area contributed by atoms with Gasteiger partial charge in [-0.15, -0.1) is 0 Å². The maximum absolute atomic E-state index is 10.8. The molecular weight excluding hydrogens is 194 g/mol. The zero-order valence-electron chi connectivity index (χ0n) is 9.11. The van der Waals surface area contributed by atoms with Gasteiger partial charge in [-0.1, -0.05) is 0 Å². The molecule has 2 N–H and O–H groups in total. The highest BCUT2D eigenvalue weighted by molar-refractivity contribution is 5.77. The minimum absolute atomic E-state index is 0.419. The average Bonchev–Trinajstić information content (AvgIpc) is 2.15. The van der Waals surface area contributed by atoms with Gasteiger partial charge >= 0.3 is 5.97 Å². The zero-order chi connectivity index (χ0) is 11.5. The lowest BCUT2D eigenvalue weighted by Gasteiger charge is -2.20. The molecule has 1 heterocycles. The van der Waals surface area contributed by atoms with Gasteiger partial charge in [0.25, 0.3) is 0 Å². The van der Waals surface area contributed by atoms with Crippen molar-refractivity contribution in [1.29, 1.82) is 0 Å². The fourth-order valence-corrected chi connectivity index (χ4v) is 0.991. The third kappa shape index (κ3) is 3.28. The van der Waals surface area contributed by atoms with Gasteiger partial charge in [-0.3, -0.25) is 10.1 Å². The van der Waals surface area contributed by atoms with E-state index in [9.17, 15) is 4.79 Å². The summed E-state index contributed by atoms with van der Waals surface area (Å²) in [7, 11) is 0. The monoisotopic (exact) mass is 209 g/mol. The number of rotatable bonds is 4. The summed E-state index contributed by atoms with van der Waals surface area (Å²) in [6.07, 6.45) is 1.66. The van der Waals surface area contributed by atoms with E-state index >= 15 is 0 Å². The molecule has 1 rings (SSSR count). The SMILES string of the molecule is Cc1nccc(CNC(C)(C)C(=O)O)n1. The minimum atomic E-state index is -0.946. The first kappa shape index (κ1) is 11.6. The smallest absolute Gasteiger partial charge is 0.323 e. The molecule has 82 valence electrons. The van der Waals surface area contributed by atoms with Crippen LogP contribution in [0.4, 0.5) is 0 Å². The molecule has 5 heteroatoms. The summed E-state index contributed by atoms with van der Waals surface area (Å²) >= 11 is 0. The van der Waals surface area contributed by atoms with Crippen molar-refractivity contribution in [1.82, 2.24) is 15.3 Å². The summed E-state index contributed by atoms with van der Waals surface area (Å²) in [6.45, 7) is 5.45. The first-order chi connectivity index (χ1) is 6.92. The van der Waals surface area contributed by atoms with Crippen molar-refractivity contribution in [3.63, 3.8) is 0 Å². The van der Waals surface area contributed by atoms with Crippen molar-refractivity contribution < 1.29 is 9.90 Å². The predicted molar refractivity (Wildman–Crippen MR) is 55.3 cm³/mol. The van der Waals surface area contributed by atoms with Crippen LogP contribution in [0.25, 0.3) is 0 Å². The molecule has 0 aliphatic heterocycles. The van der Waals surface area contributed by atoms with Gasteiger partial charge in [0.05, 0.1) is 5.69 Å². The highest BCUT2D eigenvalue weighted by atomic mass is 16.4. The number of aryl methyl sites for hydroxylation is 1. The van der Waals surface area contributed by atoms with E-state index in [0.717, 1.165) is 5.69 Å². The maximum Gasteiger partial charge on any atom is 0.323 e. The Morgan fingerprint density at radius 1 is 1.60 bits per heavy atom. The highest BCUT2D eigenvalue weighted by Gasteiger charge is 2.25. The van der Waals surface area contributed by atoms with Crippen LogP contribution >= 0.6 is 0 Å². The molecule has 0 unspecified atom stereocenters. The first-order valence-electron chi connectivity index (χ1n) is 4.69. The van der Waals surface area contributed by atoms with Crippen molar-refractivity contribution in [3.05, 3.63) is 23.8 Å². The normalized spacial score (nSPS) is 11.4. The van der Waals surface area contributed by atoms with E-state index < -0.39 is 11.5 Å². The van der Waals surface area contributed by atoms with E-state index in [1.807, 2.05) is 0 Å². The standard InChI is InChI=1S/C10H15N3O2/c1-7-11-5-4-8(13-7)6-12-10(2,3)9(14)15/h4-5,12H,6H2,1-3H3,(H,14,15). The number of carboxylic acids is 1. The third-order valence-electron chi connectivity index (χ3n) is 2.08. The molecule has 0 amide bonds. The Bertz CT molecular complexity index is 363. The van der Waals surface area contributed by atoms with Crippen LogP contribution in [0, 0.1) is 6.92 Å². The van der Waals surface area contributed by atoms with Crippen molar-refractivity contribution in [2.24, 2.45) is 0 Å². The Morgan fingerprint density at radius 2 is 2.27 bits per heavy atom. The summed E-state index contributed by atoms with van der Waals surface area (Å²) in [6, 6.07) is 1.76. The summed E-state index contributed by atoms with van der Waals surface area (Å²) in [5.74, 6) is -0.198. The van der Waals surface area contributed by atoms with Crippen molar-refractivity contribution >= 4 is 5.97 Å². The Morgan fingerprint density at radius 3 is 2.80 bits per heavy atom. The Kier molecular flexibility index (Phi) is 3.36. The van der Waals surface area contributed by atoms with Gasteiger partial charge in [0.1, 0.15) is 11.4 Å². The van der Waals surface area contributed by atoms with Gasteiger partial charge in [0.2, 0.25) is 0 Å². The molecular formula is C10H15N3O2. The van der Waals surface area contributed by atoms with Gasteiger partial charge in [-0.2, -0.15) is 0 Å². The molecule has 1 aromatic rings. The van der Waals surface area contributed by atoms with Crippen LogP contribution in [0.3, 0.4) is 0 Å². The van der Waals surface area contributed by atoms with E-state index in [2.05, 4.69) is 15.3 Å². The molecule has 0 saturated heterocycles. The van der Waals surface area contributed by atoms with E-state index in [4.69, 9.17) is 5.11 Å². The fourth-order valence-electron chi connectivity index (χ4n) is 0.991. The van der Waals surface area contributed by atoms with E-state index in [-0.39, 0.29) is 0 Å². The lowest BCUT2D eigenvalue weighted by atomic mass is 10.1. The second kappa shape index (κ2) is 4.35. The van der Waals surface area contributed by atoms with Crippen LogP contribution in [-0.2, 0) is 11.3 Å². The predicted octanol–water partition coefficient (Wildman–Crippen LogP) is 0.738. The number of aromatic nitrogens is 2. The molecule has 0 spiro atoms. The van der Waals surface area contributed by atoms with Gasteiger partial charge in [-0.25, -0.2) is 9.97 Å². The minimum Gasteiger partial charge on any atom is -0.480 e. The van der Waals surface area contributed by atoms with Crippen LogP contribution in [0.1, 0.15) is 25.4 Å². The number of nitrogens with zero attached hydrogens (tertiary/aromatic N) is 2.